The van der Waals surface area contributed by atoms with Crippen LogP contribution in [0.3, 0.4) is 0 Å². The van der Waals surface area contributed by atoms with Crippen LogP contribution in [0.1, 0.15) is 58.2 Å². The topological polar surface area (TPSA) is 71.7 Å². The second-order valence-corrected chi connectivity index (χ2v) is 8.20. The zero-order valence-electron chi connectivity index (χ0n) is 16.6. The first-order valence-corrected chi connectivity index (χ1v) is 9.83. The molecule has 1 aromatic rings. The molecule has 146 valence electrons. The summed E-state index contributed by atoms with van der Waals surface area (Å²) in [6, 6.07) is -0.105. The van der Waals surface area contributed by atoms with E-state index in [1.165, 1.54) is 0 Å². The summed E-state index contributed by atoms with van der Waals surface area (Å²) in [6.45, 7) is 13.3. The molecular weight excluding hydrogens is 332 g/mol. The van der Waals surface area contributed by atoms with Crippen LogP contribution in [0, 0.1) is 12.8 Å². The highest BCUT2D eigenvalue weighted by Crippen LogP contribution is 2.28. The molecule has 3 heterocycles. The summed E-state index contributed by atoms with van der Waals surface area (Å²) in [6.07, 6.45) is 2.27. The molecule has 0 bridgehead atoms. The van der Waals surface area contributed by atoms with E-state index in [0.717, 1.165) is 32.5 Å². The van der Waals surface area contributed by atoms with Gasteiger partial charge in [-0.2, -0.15) is 4.98 Å². The van der Waals surface area contributed by atoms with Crippen molar-refractivity contribution >= 4 is 5.91 Å². The normalized spacial score (nSPS) is 29.2. The van der Waals surface area contributed by atoms with Crippen LogP contribution in [-0.2, 0) is 9.53 Å². The summed E-state index contributed by atoms with van der Waals surface area (Å²) in [5.74, 6) is 1.94. The lowest BCUT2D eigenvalue weighted by molar-refractivity contribution is -0.146. The van der Waals surface area contributed by atoms with E-state index in [9.17, 15) is 4.79 Å². The lowest BCUT2D eigenvalue weighted by atomic mass is 9.94. The number of rotatable bonds is 4. The van der Waals surface area contributed by atoms with E-state index < -0.39 is 0 Å². The third-order valence-electron chi connectivity index (χ3n) is 5.35. The minimum Gasteiger partial charge on any atom is -0.373 e. The smallest absolute Gasteiger partial charge is 0.240 e. The summed E-state index contributed by atoms with van der Waals surface area (Å²) in [5.41, 5.74) is 0. The van der Waals surface area contributed by atoms with Gasteiger partial charge in [-0.25, -0.2) is 0 Å². The summed E-state index contributed by atoms with van der Waals surface area (Å²) in [5, 5.41) is 3.90. The molecule has 0 saturated carbocycles. The number of ether oxygens (including phenoxy) is 1. The molecule has 0 N–H and O–H groups in total. The number of hydrogen-bond donors (Lipinski definition) is 0. The number of nitrogens with zero attached hydrogens (tertiary/aromatic N) is 4. The monoisotopic (exact) mass is 364 g/mol. The summed E-state index contributed by atoms with van der Waals surface area (Å²) >= 11 is 0. The van der Waals surface area contributed by atoms with E-state index in [-0.39, 0.29) is 36.0 Å². The highest BCUT2D eigenvalue weighted by Gasteiger charge is 2.38. The molecule has 4 unspecified atom stereocenters. The van der Waals surface area contributed by atoms with Gasteiger partial charge in [-0.05, 0) is 39.5 Å². The summed E-state index contributed by atoms with van der Waals surface area (Å²) in [4.78, 5) is 22.1. The number of aryl methyl sites for hydroxylation is 1. The number of carbonyl (C=O) groups is 1. The Balaban J connectivity index is 1.72. The Bertz CT molecular complexity index is 608. The third kappa shape index (κ3) is 4.26. The van der Waals surface area contributed by atoms with Crippen molar-refractivity contribution in [2.45, 2.75) is 71.6 Å². The SMILES string of the molecule is Cc1noc(C2CCCN(C(=O)C(C(C)C)N3CC(C)OC(C)C3)C2)n1. The first kappa shape index (κ1) is 19.3. The number of carbonyl (C=O) groups excluding carboxylic acids is 1. The molecule has 0 aliphatic carbocycles. The maximum absolute atomic E-state index is 13.4. The van der Waals surface area contributed by atoms with E-state index in [4.69, 9.17) is 9.26 Å². The Kier molecular flexibility index (Phi) is 5.97. The average Bonchev–Trinajstić information content (AvgIpc) is 3.00. The van der Waals surface area contributed by atoms with Gasteiger partial charge in [0.25, 0.3) is 0 Å². The molecule has 4 atom stereocenters. The van der Waals surface area contributed by atoms with Gasteiger partial charge in [-0.1, -0.05) is 19.0 Å². The zero-order chi connectivity index (χ0) is 18.8. The Hall–Kier alpha value is -1.47. The quantitative estimate of drug-likeness (QED) is 0.816. The van der Waals surface area contributed by atoms with Crippen molar-refractivity contribution in [1.29, 1.82) is 0 Å². The fourth-order valence-corrected chi connectivity index (χ4v) is 4.35. The standard InChI is InChI=1S/C19H32N4O3/c1-12(2)17(23-9-13(3)25-14(4)10-23)19(24)22-8-6-7-16(11-22)18-20-15(5)21-26-18/h12-14,16-17H,6-11H2,1-5H3. The molecule has 7 nitrogen and oxygen atoms in total. The molecule has 7 heteroatoms. The van der Waals surface area contributed by atoms with E-state index in [0.29, 0.717) is 18.3 Å². The fraction of sp³-hybridized carbons (Fsp3) is 0.842. The summed E-state index contributed by atoms with van der Waals surface area (Å²) < 4.78 is 11.2. The zero-order valence-corrected chi connectivity index (χ0v) is 16.6. The average molecular weight is 364 g/mol. The molecular formula is C19H32N4O3. The molecule has 0 aromatic carbocycles. The largest absolute Gasteiger partial charge is 0.373 e. The van der Waals surface area contributed by atoms with Gasteiger partial charge < -0.3 is 14.2 Å². The van der Waals surface area contributed by atoms with Gasteiger partial charge in [0.15, 0.2) is 5.82 Å². The molecule has 2 saturated heterocycles. The van der Waals surface area contributed by atoms with Crippen molar-refractivity contribution in [2.75, 3.05) is 26.2 Å². The predicted octanol–water partition coefficient (Wildman–Crippen LogP) is 2.22. The molecule has 1 aromatic heterocycles. The minimum atomic E-state index is -0.105. The van der Waals surface area contributed by atoms with Crippen molar-refractivity contribution in [1.82, 2.24) is 19.9 Å². The number of amides is 1. The van der Waals surface area contributed by atoms with E-state index in [1.54, 1.807) is 0 Å². The van der Waals surface area contributed by atoms with Gasteiger partial charge in [0.05, 0.1) is 24.2 Å². The van der Waals surface area contributed by atoms with E-state index in [2.05, 4.69) is 42.7 Å². The van der Waals surface area contributed by atoms with Crippen LogP contribution in [0.4, 0.5) is 0 Å². The van der Waals surface area contributed by atoms with Gasteiger partial charge >= 0.3 is 0 Å². The van der Waals surface area contributed by atoms with Crippen LogP contribution in [0.15, 0.2) is 4.52 Å². The highest BCUT2D eigenvalue weighted by molar-refractivity contribution is 5.82. The second kappa shape index (κ2) is 8.05. The van der Waals surface area contributed by atoms with Crippen molar-refractivity contribution in [3.8, 4) is 0 Å². The van der Waals surface area contributed by atoms with Crippen LogP contribution in [0.25, 0.3) is 0 Å². The van der Waals surface area contributed by atoms with Gasteiger partial charge in [-0.15, -0.1) is 0 Å². The maximum Gasteiger partial charge on any atom is 0.240 e. The van der Waals surface area contributed by atoms with E-state index >= 15 is 0 Å². The fourth-order valence-electron chi connectivity index (χ4n) is 4.35. The lowest BCUT2D eigenvalue weighted by Crippen LogP contribution is -2.58. The Morgan fingerprint density at radius 2 is 1.88 bits per heavy atom. The second-order valence-electron chi connectivity index (χ2n) is 8.20. The molecule has 26 heavy (non-hydrogen) atoms. The Morgan fingerprint density at radius 3 is 2.46 bits per heavy atom. The summed E-state index contributed by atoms with van der Waals surface area (Å²) in [7, 11) is 0. The highest BCUT2D eigenvalue weighted by atomic mass is 16.5. The number of hydrogen-bond acceptors (Lipinski definition) is 6. The lowest BCUT2D eigenvalue weighted by Gasteiger charge is -2.43. The molecule has 2 aliphatic rings. The maximum atomic E-state index is 13.4. The number of aromatic nitrogens is 2. The van der Waals surface area contributed by atoms with Crippen molar-refractivity contribution < 1.29 is 14.1 Å². The third-order valence-corrected chi connectivity index (χ3v) is 5.35. The Morgan fingerprint density at radius 1 is 1.19 bits per heavy atom. The molecule has 0 spiro atoms. The van der Waals surface area contributed by atoms with Crippen LogP contribution in [-0.4, -0.2) is 70.3 Å². The van der Waals surface area contributed by atoms with Crippen molar-refractivity contribution in [3.05, 3.63) is 11.7 Å². The van der Waals surface area contributed by atoms with Gasteiger partial charge in [0.2, 0.25) is 11.8 Å². The van der Waals surface area contributed by atoms with Gasteiger partial charge in [-0.3, -0.25) is 9.69 Å². The van der Waals surface area contributed by atoms with Crippen molar-refractivity contribution in [3.63, 3.8) is 0 Å². The number of morpholine rings is 1. The van der Waals surface area contributed by atoms with Crippen LogP contribution < -0.4 is 0 Å². The predicted molar refractivity (Wildman–Crippen MR) is 97.8 cm³/mol. The van der Waals surface area contributed by atoms with Crippen LogP contribution in [0.2, 0.25) is 0 Å². The number of piperidine rings is 1. The first-order chi connectivity index (χ1) is 12.3. The minimum absolute atomic E-state index is 0.105. The van der Waals surface area contributed by atoms with Crippen LogP contribution in [0.5, 0.6) is 0 Å². The molecule has 3 rings (SSSR count). The Labute approximate surface area is 156 Å². The number of likely N-dealkylation sites (tertiary alicyclic amines) is 1. The van der Waals surface area contributed by atoms with Crippen LogP contribution >= 0.6 is 0 Å². The molecule has 0 radical (unpaired) electrons. The molecule has 2 fully saturated rings. The molecule has 1 amide bonds. The van der Waals surface area contributed by atoms with Crippen molar-refractivity contribution in [2.24, 2.45) is 5.92 Å². The van der Waals surface area contributed by atoms with Gasteiger partial charge in [0, 0.05) is 26.2 Å². The molecule has 2 aliphatic heterocycles. The first-order valence-electron chi connectivity index (χ1n) is 9.83. The van der Waals surface area contributed by atoms with Gasteiger partial charge in [0.1, 0.15) is 0 Å². The van der Waals surface area contributed by atoms with E-state index in [1.807, 2.05) is 11.8 Å².